The summed E-state index contributed by atoms with van der Waals surface area (Å²) in [5, 5.41) is 21.8. The molecule has 1 aromatic carbocycles. The summed E-state index contributed by atoms with van der Waals surface area (Å²) in [4.78, 5) is 12.0. The maximum atomic E-state index is 12.0. The molecule has 1 aliphatic rings. The van der Waals surface area contributed by atoms with Crippen LogP contribution in [-0.2, 0) is 0 Å². The quantitative estimate of drug-likeness (QED) is 0.779. The second-order valence-corrected chi connectivity index (χ2v) is 5.45. The Labute approximate surface area is 113 Å². The van der Waals surface area contributed by atoms with Crippen LogP contribution in [0.2, 0.25) is 0 Å². The number of aliphatic hydroxyl groups excluding tert-OH is 1. The van der Waals surface area contributed by atoms with Crippen LogP contribution in [0.25, 0.3) is 0 Å². The molecular weight excluding hydrogens is 242 g/mol. The molecule has 0 radical (unpaired) electrons. The van der Waals surface area contributed by atoms with Gasteiger partial charge in [0.2, 0.25) is 0 Å². The van der Waals surface area contributed by atoms with Crippen molar-refractivity contribution in [2.45, 2.75) is 32.1 Å². The summed E-state index contributed by atoms with van der Waals surface area (Å²) in [6.45, 7) is 0.616. The summed E-state index contributed by atoms with van der Waals surface area (Å²) in [6.07, 6.45) is 5.36. The summed E-state index contributed by atoms with van der Waals surface area (Å²) < 4.78 is 0. The minimum Gasteiger partial charge on any atom is -0.508 e. The van der Waals surface area contributed by atoms with Crippen LogP contribution >= 0.6 is 0 Å². The van der Waals surface area contributed by atoms with E-state index in [1.807, 2.05) is 0 Å². The molecule has 0 spiro atoms. The smallest absolute Gasteiger partial charge is 0.251 e. The van der Waals surface area contributed by atoms with Gasteiger partial charge >= 0.3 is 0 Å². The molecule has 1 amide bonds. The first-order valence-electron chi connectivity index (χ1n) is 6.83. The van der Waals surface area contributed by atoms with Gasteiger partial charge in [-0.3, -0.25) is 4.79 Å². The highest BCUT2D eigenvalue weighted by molar-refractivity contribution is 5.94. The normalized spacial score (nSPS) is 17.9. The standard InChI is InChI=1S/C15H21NO3/c17-11-15(7-2-1-3-8-15)10-16-14(19)12-5-4-6-13(18)9-12/h4-6,9,17-18H,1-3,7-8,10-11H2,(H,16,19). The number of aliphatic hydroxyl groups is 1. The fraction of sp³-hybridized carbons (Fsp3) is 0.533. The van der Waals surface area contributed by atoms with Gasteiger partial charge < -0.3 is 15.5 Å². The Kier molecular flexibility index (Phi) is 4.43. The van der Waals surface area contributed by atoms with Crippen molar-refractivity contribution >= 4 is 5.91 Å². The number of amides is 1. The van der Waals surface area contributed by atoms with Gasteiger partial charge in [-0.2, -0.15) is 0 Å². The molecule has 1 saturated carbocycles. The minimum absolute atomic E-state index is 0.0854. The number of rotatable bonds is 4. The maximum absolute atomic E-state index is 12.0. The molecule has 104 valence electrons. The molecule has 0 aliphatic heterocycles. The number of phenolic OH excluding ortho intramolecular Hbond substituents is 1. The average molecular weight is 263 g/mol. The SMILES string of the molecule is O=C(NCC1(CO)CCCCC1)c1cccc(O)c1. The number of aromatic hydroxyl groups is 1. The van der Waals surface area contributed by atoms with Gasteiger partial charge in [0, 0.05) is 17.5 Å². The summed E-state index contributed by atoms with van der Waals surface area (Å²) >= 11 is 0. The van der Waals surface area contributed by atoms with Gasteiger partial charge in [0.05, 0.1) is 6.61 Å². The van der Waals surface area contributed by atoms with Crippen molar-refractivity contribution < 1.29 is 15.0 Å². The number of benzene rings is 1. The monoisotopic (exact) mass is 263 g/mol. The first-order valence-corrected chi connectivity index (χ1v) is 6.83. The Morgan fingerprint density at radius 3 is 2.63 bits per heavy atom. The summed E-state index contributed by atoms with van der Waals surface area (Å²) in [6, 6.07) is 6.29. The van der Waals surface area contributed by atoms with E-state index in [9.17, 15) is 15.0 Å². The number of hydrogen-bond donors (Lipinski definition) is 3. The Morgan fingerprint density at radius 1 is 1.26 bits per heavy atom. The predicted molar refractivity (Wildman–Crippen MR) is 73.0 cm³/mol. The Balaban J connectivity index is 1.95. The lowest BCUT2D eigenvalue weighted by Gasteiger charge is -2.35. The van der Waals surface area contributed by atoms with Crippen LogP contribution in [-0.4, -0.2) is 29.3 Å². The maximum Gasteiger partial charge on any atom is 0.251 e. The lowest BCUT2D eigenvalue weighted by Crippen LogP contribution is -2.41. The third-order valence-corrected chi connectivity index (χ3v) is 3.98. The molecule has 0 saturated heterocycles. The van der Waals surface area contributed by atoms with Crippen molar-refractivity contribution in [1.29, 1.82) is 0 Å². The number of carbonyl (C=O) groups is 1. The molecule has 0 heterocycles. The van der Waals surface area contributed by atoms with Gasteiger partial charge in [0.15, 0.2) is 0 Å². The molecule has 3 N–H and O–H groups in total. The van der Waals surface area contributed by atoms with Crippen molar-refractivity contribution in [3.8, 4) is 5.75 Å². The largest absolute Gasteiger partial charge is 0.508 e. The first kappa shape index (κ1) is 13.9. The van der Waals surface area contributed by atoms with Crippen molar-refractivity contribution in [2.24, 2.45) is 5.41 Å². The van der Waals surface area contributed by atoms with Crippen LogP contribution in [0.4, 0.5) is 0 Å². The Bertz CT molecular complexity index is 439. The van der Waals surface area contributed by atoms with Gasteiger partial charge in [-0.25, -0.2) is 0 Å². The molecule has 0 bridgehead atoms. The molecule has 2 rings (SSSR count). The van der Waals surface area contributed by atoms with Gasteiger partial charge in [0.1, 0.15) is 5.75 Å². The lowest BCUT2D eigenvalue weighted by molar-refractivity contribution is 0.0718. The highest BCUT2D eigenvalue weighted by Gasteiger charge is 2.31. The first-order chi connectivity index (χ1) is 9.15. The van der Waals surface area contributed by atoms with Crippen LogP contribution in [0.5, 0.6) is 5.75 Å². The number of hydrogen-bond acceptors (Lipinski definition) is 3. The lowest BCUT2D eigenvalue weighted by atomic mass is 9.74. The molecule has 0 atom stereocenters. The molecule has 1 fully saturated rings. The van der Waals surface area contributed by atoms with Crippen LogP contribution < -0.4 is 5.32 Å². The van der Waals surface area contributed by atoms with Crippen molar-refractivity contribution in [3.63, 3.8) is 0 Å². The van der Waals surface area contributed by atoms with Crippen molar-refractivity contribution in [2.75, 3.05) is 13.2 Å². The predicted octanol–water partition coefficient (Wildman–Crippen LogP) is 2.06. The molecule has 1 aromatic rings. The van der Waals surface area contributed by atoms with E-state index in [0.29, 0.717) is 12.1 Å². The summed E-state index contributed by atoms with van der Waals surface area (Å²) in [5.41, 5.74) is 0.286. The third-order valence-electron chi connectivity index (χ3n) is 3.98. The molecule has 4 heteroatoms. The highest BCUT2D eigenvalue weighted by Crippen LogP contribution is 2.35. The van der Waals surface area contributed by atoms with Crippen molar-refractivity contribution in [1.82, 2.24) is 5.32 Å². The van der Waals surface area contributed by atoms with Gasteiger partial charge in [-0.05, 0) is 31.0 Å². The zero-order valence-electron chi connectivity index (χ0n) is 11.1. The van der Waals surface area contributed by atoms with Gasteiger partial charge in [-0.1, -0.05) is 25.3 Å². The third kappa shape index (κ3) is 3.47. The summed E-state index contributed by atoms with van der Waals surface area (Å²) in [5.74, 6) is -0.114. The molecule has 0 aromatic heterocycles. The molecular formula is C15H21NO3. The van der Waals surface area contributed by atoms with E-state index in [-0.39, 0.29) is 23.7 Å². The Hall–Kier alpha value is -1.55. The van der Waals surface area contributed by atoms with Gasteiger partial charge in [-0.15, -0.1) is 0 Å². The average Bonchev–Trinajstić information content (AvgIpc) is 2.46. The minimum atomic E-state index is -0.200. The van der Waals surface area contributed by atoms with Crippen molar-refractivity contribution in [3.05, 3.63) is 29.8 Å². The topological polar surface area (TPSA) is 69.6 Å². The zero-order chi connectivity index (χ0) is 13.7. The fourth-order valence-electron chi connectivity index (χ4n) is 2.71. The second-order valence-electron chi connectivity index (χ2n) is 5.45. The van der Waals surface area contributed by atoms with E-state index < -0.39 is 0 Å². The number of carbonyl (C=O) groups excluding carboxylic acids is 1. The van der Waals surface area contributed by atoms with Crippen LogP contribution in [0.15, 0.2) is 24.3 Å². The van der Waals surface area contributed by atoms with E-state index in [1.54, 1.807) is 12.1 Å². The molecule has 0 unspecified atom stereocenters. The number of phenols is 1. The fourth-order valence-corrected chi connectivity index (χ4v) is 2.71. The molecule has 4 nitrogen and oxygen atoms in total. The Morgan fingerprint density at radius 2 is 2.00 bits per heavy atom. The van der Waals surface area contributed by atoms with Crippen LogP contribution in [0.1, 0.15) is 42.5 Å². The number of nitrogens with one attached hydrogen (secondary N) is 1. The highest BCUT2D eigenvalue weighted by atomic mass is 16.3. The van der Waals surface area contributed by atoms with E-state index in [1.165, 1.54) is 18.6 Å². The van der Waals surface area contributed by atoms with E-state index >= 15 is 0 Å². The van der Waals surface area contributed by atoms with E-state index in [2.05, 4.69) is 5.32 Å². The second kappa shape index (κ2) is 6.06. The zero-order valence-corrected chi connectivity index (χ0v) is 11.1. The molecule has 1 aliphatic carbocycles. The van der Waals surface area contributed by atoms with Gasteiger partial charge in [0.25, 0.3) is 5.91 Å². The van der Waals surface area contributed by atoms with E-state index in [4.69, 9.17) is 0 Å². The van der Waals surface area contributed by atoms with Crippen LogP contribution in [0, 0.1) is 5.41 Å². The van der Waals surface area contributed by atoms with E-state index in [0.717, 1.165) is 25.7 Å². The summed E-state index contributed by atoms with van der Waals surface area (Å²) in [7, 11) is 0. The molecule has 19 heavy (non-hydrogen) atoms. The van der Waals surface area contributed by atoms with Crippen LogP contribution in [0.3, 0.4) is 0 Å².